The van der Waals surface area contributed by atoms with E-state index >= 15 is 0 Å². The first-order chi connectivity index (χ1) is 13.0. The van der Waals surface area contributed by atoms with Gasteiger partial charge in [-0.25, -0.2) is 0 Å². The van der Waals surface area contributed by atoms with Crippen LogP contribution in [0.1, 0.15) is 23.6 Å². The van der Waals surface area contributed by atoms with Crippen molar-refractivity contribution in [2.24, 2.45) is 5.73 Å². The summed E-state index contributed by atoms with van der Waals surface area (Å²) in [6, 6.07) is 5.07. The van der Waals surface area contributed by atoms with Gasteiger partial charge in [0.2, 0.25) is 5.75 Å². The van der Waals surface area contributed by atoms with E-state index in [2.05, 4.69) is 0 Å². The molecular weight excluding hydrogens is 386 g/mol. The fraction of sp³-hybridized carbons (Fsp3) is 0.350. The number of rotatable bonds is 4. The molecule has 1 aliphatic rings. The lowest BCUT2D eigenvalue weighted by Gasteiger charge is -2.21. The van der Waals surface area contributed by atoms with Crippen LogP contribution >= 0.6 is 23.4 Å². The molecule has 0 heterocycles. The minimum Gasteiger partial charge on any atom is -0.492 e. The van der Waals surface area contributed by atoms with Gasteiger partial charge in [-0.3, -0.25) is 4.79 Å². The minimum absolute atomic E-state index is 0.0480. The van der Waals surface area contributed by atoms with Gasteiger partial charge >= 0.3 is 0 Å². The number of halogens is 1. The summed E-state index contributed by atoms with van der Waals surface area (Å²) in [4.78, 5) is 13.2. The first kappa shape index (κ1) is 19.9. The molecule has 0 fully saturated rings. The molecule has 1 atom stereocenters. The third-order valence-electron chi connectivity index (χ3n) is 4.85. The maximum Gasteiger partial charge on any atom is 0.205 e. The first-order valence-corrected chi connectivity index (χ1v) is 10.1. The largest absolute Gasteiger partial charge is 0.492 e. The highest BCUT2D eigenvalue weighted by Crippen LogP contribution is 2.54. The number of hydrogen-bond donors (Lipinski definition) is 1. The SMILES string of the molecule is COc1c(Cl)c2c(c(OC)c1OC)-c1ccc(SC)c(=O)cc1[C@@H](N)CC2. The summed E-state index contributed by atoms with van der Waals surface area (Å²) in [6.45, 7) is 0. The second kappa shape index (κ2) is 8.00. The number of thioether (sulfide) groups is 1. The number of methoxy groups -OCH3 is 3. The van der Waals surface area contributed by atoms with Crippen molar-refractivity contribution in [2.75, 3.05) is 27.6 Å². The molecule has 0 bridgehead atoms. The van der Waals surface area contributed by atoms with Crippen molar-refractivity contribution in [3.63, 3.8) is 0 Å². The lowest BCUT2D eigenvalue weighted by molar-refractivity contribution is 0.325. The Morgan fingerprint density at radius 3 is 2.37 bits per heavy atom. The molecule has 0 aliphatic heterocycles. The minimum atomic E-state index is -0.292. The zero-order chi connectivity index (χ0) is 19.7. The lowest BCUT2D eigenvalue weighted by Crippen LogP contribution is -2.12. The van der Waals surface area contributed by atoms with Crippen molar-refractivity contribution in [3.05, 3.63) is 44.6 Å². The standard InChI is InChI=1S/C20H22ClNO4S/c1-24-18-16-10-6-8-15(27-4)14(23)9-12(10)13(22)7-5-11(16)17(21)19(25-2)20(18)26-3/h6,8-9,13H,5,7,22H2,1-4H3/t13-/m0/s1. The molecule has 0 aromatic heterocycles. The Hall–Kier alpha value is -1.89. The van der Waals surface area contributed by atoms with E-state index in [-0.39, 0.29) is 11.5 Å². The van der Waals surface area contributed by atoms with Crippen molar-refractivity contribution in [2.45, 2.75) is 23.8 Å². The fourth-order valence-electron chi connectivity index (χ4n) is 3.57. The van der Waals surface area contributed by atoms with Gasteiger partial charge in [0.15, 0.2) is 16.9 Å². The number of nitrogens with two attached hydrogens (primary N) is 1. The maximum absolute atomic E-state index is 12.6. The highest BCUT2D eigenvalue weighted by Gasteiger charge is 2.30. The molecule has 3 rings (SSSR count). The molecule has 0 radical (unpaired) electrons. The Balaban J connectivity index is 2.49. The summed E-state index contributed by atoms with van der Waals surface area (Å²) in [7, 11) is 4.66. The van der Waals surface area contributed by atoms with Gasteiger partial charge in [-0.1, -0.05) is 17.7 Å². The van der Waals surface area contributed by atoms with E-state index in [0.29, 0.717) is 40.0 Å². The second-order valence-corrected chi connectivity index (χ2v) is 7.42. The Labute approximate surface area is 167 Å². The van der Waals surface area contributed by atoms with Crippen LogP contribution < -0.4 is 25.4 Å². The van der Waals surface area contributed by atoms with Gasteiger partial charge < -0.3 is 19.9 Å². The van der Waals surface area contributed by atoms with Crippen molar-refractivity contribution in [1.82, 2.24) is 0 Å². The van der Waals surface area contributed by atoms with Gasteiger partial charge in [0, 0.05) is 11.6 Å². The molecule has 2 aromatic rings. The molecule has 2 N–H and O–H groups in total. The Bertz CT molecular complexity index is 948. The third kappa shape index (κ3) is 3.26. The summed E-state index contributed by atoms with van der Waals surface area (Å²) < 4.78 is 16.7. The monoisotopic (exact) mass is 407 g/mol. The molecule has 5 nitrogen and oxygen atoms in total. The van der Waals surface area contributed by atoms with Crippen LogP contribution in [0.2, 0.25) is 5.02 Å². The van der Waals surface area contributed by atoms with Gasteiger partial charge in [-0.05, 0) is 47.9 Å². The van der Waals surface area contributed by atoms with Gasteiger partial charge in [0.1, 0.15) is 0 Å². The molecule has 2 aromatic carbocycles. The molecule has 7 heteroatoms. The van der Waals surface area contributed by atoms with Gasteiger partial charge in [0.05, 0.1) is 31.2 Å². The van der Waals surface area contributed by atoms with Crippen LogP contribution in [0.15, 0.2) is 27.9 Å². The van der Waals surface area contributed by atoms with Crippen LogP contribution in [-0.4, -0.2) is 27.6 Å². The average molecular weight is 408 g/mol. The smallest absolute Gasteiger partial charge is 0.205 e. The summed E-state index contributed by atoms with van der Waals surface area (Å²) in [5.41, 5.74) is 9.67. The molecule has 27 heavy (non-hydrogen) atoms. The van der Waals surface area contributed by atoms with E-state index in [9.17, 15) is 4.79 Å². The predicted molar refractivity (Wildman–Crippen MR) is 110 cm³/mol. The molecule has 0 amide bonds. The Morgan fingerprint density at radius 1 is 1.11 bits per heavy atom. The quantitative estimate of drug-likeness (QED) is 0.770. The maximum atomic E-state index is 12.6. The average Bonchev–Trinajstić information content (AvgIpc) is 2.91. The summed E-state index contributed by atoms with van der Waals surface area (Å²) in [6.07, 6.45) is 3.16. The van der Waals surface area contributed by atoms with E-state index in [4.69, 9.17) is 31.5 Å². The van der Waals surface area contributed by atoms with E-state index in [1.807, 2.05) is 18.4 Å². The van der Waals surface area contributed by atoms with Crippen LogP contribution in [0.4, 0.5) is 0 Å². The van der Waals surface area contributed by atoms with Crippen LogP contribution in [-0.2, 0) is 6.42 Å². The summed E-state index contributed by atoms with van der Waals surface area (Å²) in [5.74, 6) is 1.37. The van der Waals surface area contributed by atoms with E-state index < -0.39 is 0 Å². The number of ether oxygens (including phenoxy) is 3. The Kier molecular flexibility index (Phi) is 5.89. The molecular formula is C20H22ClNO4S. The zero-order valence-electron chi connectivity index (χ0n) is 15.7. The van der Waals surface area contributed by atoms with Crippen LogP contribution in [0, 0.1) is 0 Å². The van der Waals surface area contributed by atoms with Gasteiger partial charge in [0.25, 0.3) is 0 Å². The zero-order valence-corrected chi connectivity index (χ0v) is 17.3. The second-order valence-electron chi connectivity index (χ2n) is 6.19. The topological polar surface area (TPSA) is 70.8 Å². The normalized spacial score (nSPS) is 15.4. The fourth-order valence-corrected chi connectivity index (χ4v) is 4.38. The Morgan fingerprint density at radius 2 is 1.78 bits per heavy atom. The molecule has 0 unspecified atom stereocenters. The van der Waals surface area contributed by atoms with E-state index in [1.54, 1.807) is 27.4 Å². The molecule has 0 saturated carbocycles. The van der Waals surface area contributed by atoms with E-state index in [0.717, 1.165) is 22.3 Å². The van der Waals surface area contributed by atoms with Crippen LogP contribution in [0.3, 0.4) is 0 Å². The van der Waals surface area contributed by atoms with Crippen molar-refractivity contribution >= 4 is 23.4 Å². The lowest BCUT2D eigenvalue weighted by atomic mass is 9.95. The first-order valence-electron chi connectivity index (χ1n) is 8.46. The summed E-state index contributed by atoms with van der Waals surface area (Å²) >= 11 is 8.09. The van der Waals surface area contributed by atoms with Crippen molar-refractivity contribution in [3.8, 4) is 28.4 Å². The third-order valence-corrected chi connectivity index (χ3v) is 6.03. The predicted octanol–water partition coefficient (Wildman–Crippen LogP) is 4.06. The molecule has 144 valence electrons. The highest BCUT2D eigenvalue weighted by atomic mass is 35.5. The van der Waals surface area contributed by atoms with Gasteiger partial charge in [-0.15, -0.1) is 11.8 Å². The van der Waals surface area contributed by atoms with Crippen LogP contribution in [0.5, 0.6) is 17.2 Å². The van der Waals surface area contributed by atoms with E-state index in [1.165, 1.54) is 11.8 Å². The highest BCUT2D eigenvalue weighted by molar-refractivity contribution is 7.98. The number of fused-ring (bicyclic) bond motifs is 3. The van der Waals surface area contributed by atoms with Crippen LogP contribution in [0.25, 0.3) is 11.1 Å². The molecule has 1 aliphatic carbocycles. The molecule has 0 spiro atoms. The number of hydrogen-bond acceptors (Lipinski definition) is 6. The van der Waals surface area contributed by atoms with Gasteiger partial charge in [-0.2, -0.15) is 0 Å². The van der Waals surface area contributed by atoms with Crippen molar-refractivity contribution in [1.29, 1.82) is 0 Å². The van der Waals surface area contributed by atoms with Crippen molar-refractivity contribution < 1.29 is 14.2 Å². The molecule has 0 saturated heterocycles. The number of benzene rings is 1. The summed E-state index contributed by atoms with van der Waals surface area (Å²) in [5, 5.41) is 0.476.